The maximum atomic E-state index is 13.7. The van der Waals surface area contributed by atoms with Crippen LogP contribution >= 0.6 is 0 Å². The molecule has 0 N–H and O–H groups in total. The minimum Gasteiger partial charge on any atom is -0.298 e. The van der Waals surface area contributed by atoms with Crippen LogP contribution in [-0.4, -0.2) is 12.0 Å². The second-order valence-electron chi connectivity index (χ2n) is 4.04. The van der Waals surface area contributed by atoms with Crippen LogP contribution in [0.15, 0.2) is 24.3 Å². The van der Waals surface area contributed by atoms with Crippen molar-refractivity contribution in [2.75, 3.05) is 0 Å². The molecule has 0 aliphatic heterocycles. The molecule has 1 aliphatic carbocycles. The van der Waals surface area contributed by atoms with Crippen LogP contribution in [0.5, 0.6) is 0 Å². The first-order valence-corrected chi connectivity index (χ1v) is 4.95. The van der Waals surface area contributed by atoms with E-state index in [4.69, 9.17) is 0 Å². The molecule has 0 aromatic heterocycles. The molecule has 0 saturated heterocycles. The molecular formula is C12H13FO. The Hall–Kier alpha value is -1.18. The number of alkyl halides is 1. The van der Waals surface area contributed by atoms with Gasteiger partial charge in [-0.3, -0.25) is 4.79 Å². The van der Waals surface area contributed by atoms with Crippen molar-refractivity contribution in [1.82, 2.24) is 0 Å². The van der Waals surface area contributed by atoms with Gasteiger partial charge in [-0.2, -0.15) is 0 Å². The quantitative estimate of drug-likeness (QED) is 0.673. The first-order chi connectivity index (χ1) is 6.72. The second kappa shape index (κ2) is 3.52. The van der Waals surface area contributed by atoms with Crippen molar-refractivity contribution in [3.05, 3.63) is 35.4 Å². The number of benzene rings is 1. The van der Waals surface area contributed by atoms with Crippen molar-refractivity contribution in [1.29, 1.82) is 0 Å². The van der Waals surface area contributed by atoms with E-state index >= 15 is 0 Å². The van der Waals surface area contributed by atoms with Gasteiger partial charge in [0.25, 0.3) is 0 Å². The van der Waals surface area contributed by atoms with Gasteiger partial charge in [-0.05, 0) is 24.8 Å². The molecule has 0 radical (unpaired) electrons. The molecule has 0 amide bonds. The average Bonchev–Trinajstić information content (AvgIpc) is 2.17. The molecule has 0 spiro atoms. The summed E-state index contributed by atoms with van der Waals surface area (Å²) in [5.74, 6) is 0. The smallest absolute Gasteiger partial charge is 0.150 e. The minimum absolute atomic E-state index is 0.492. The predicted molar refractivity (Wildman–Crippen MR) is 53.2 cm³/mol. The van der Waals surface area contributed by atoms with Crippen LogP contribution in [0.1, 0.15) is 35.2 Å². The maximum Gasteiger partial charge on any atom is 0.150 e. The first-order valence-electron chi connectivity index (χ1n) is 4.95. The molecular weight excluding hydrogens is 179 g/mol. The Morgan fingerprint density at radius 2 is 1.93 bits per heavy atom. The highest BCUT2D eigenvalue weighted by Gasteiger charge is 2.36. The molecule has 0 heterocycles. The van der Waals surface area contributed by atoms with Crippen molar-refractivity contribution in [3.8, 4) is 0 Å². The summed E-state index contributed by atoms with van der Waals surface area (Å²) in [6, 6.07) is 7.15. The van der Waals surface area contributed by atoms with Gasteiger partial charge < -0.3 is 0 Å². The van der Waals surface area contributed by atoms with Crippen LogP contribution < -0.4 is 0 Å². The highest BCUT2D eigenvalue weighted by molar-refractivity contribution is 5.74. The van der Waals surface area contributed by atoms with E-state index < -0.39 is 5.67 Å². The van der Waals surface area contributed by atoms with Gasteiger partial charge in [-0.1, -0.05) is 24.3 Å². The normalized spacial score (nSPS) is 18.6. The minimum atomic E-state index is -0.970. The van der Waals surface area contributed by atoms with Crippen LogP contribution in [0.25, 0.3) is 0 Å². The van der Waals surface area contributed by atoms with Gasteiger partial charge in [-0.25, -0.2) is 4.39 Å². The summed E-state index contributed by atoms with van der Waals surface area (Å²) in [4.78, 5) is 10.4. The van der Waals surface area contributed by atoms with Crippen molar-refractivity contribution < 1.29 is 9.18 Å². The van der Waals surface area contributed by atoms with Gasteiger partial charge in [0.15, 0.2) is 0 Å². The van der Waals surface area contributed by atoms with Crippen molar-refractivity contribution >= 4 is 6.29 Å². The van der Waals surface area contributed by atoms with E-state index in [1.54, 1.807) is 12.1 Å². The topological polar surface area (TPSA) is 17.1 Å². The van der Waals surface area contributed by atoms with E-state index in [2.05, 4.69) is 0 Å². The second-order valence-corrected chi connectivity index (χ2v) is 4.04. The Morgan fingerprint density at radius 1 is 1.29 bits per heavy atom. The molecule has 1 fully saturated rings. The Labute approximate surface area is 82.9 Å². The molecule has 0 atom stereocenters. The lowest BCUT2D eigenvalue weighted by molar-refractivity contribution is 0.0641. The van der Waals surface area contributed by atoms with Crippen molar-refractivity contribution in [2.24, 2.45) is 0 Å². The number of hydrogen-bond acceptors (Lipinski definition) is 1. The average molecular weight is 192 g/mol. The van der Waals surface area contributed by atoms with Crippen LogP contribution in [0, 0.1) is 0 Å². The predicted octanol–water partition coefficient (Wildman–Crippen LogP) is 2.93. The summed E-state index contributed by atoms with van der Waals surface area (Å²) < 4.78 is 13.7. The third kappa shape index (κ3) is 1.84. The van der Waals surface area contributed by atoms with E-state index in [1.807, 2.05) is 12.1 Å². The first kappa shape index (κ1) is 9.38. The summed E-state index contributed by atoms with van der Waals surface area (Å²) in [7, 11) is 0. The van der Waals surface area contributed by atoms with Gasteiger partial charge in [0, 0.05) is 12.0 Å². The van der Waals surface area contributed by atoms with Gasteiger partial charge in [0.1, 0.15) is 12.0 Å². The van der Waals surface area contributed by atoms with E-state index in [1.165, 1.54) is 0 Å². The SMILES string of the molecule is O=Cc1ccc(CC2(F)CCC2)cc1. The van der Waals surface area contributed by atoms with Gasteiger partial charge in [-0.15, -0.1) is 0 Å². The lowest BCUT2D eigenvalue weighted by Crippen LogP contribution is -2.33. The Bertz CT molecular complexity index is 325. The molecule has 2 rings (SSSR count). The number of aldehydes is 1. The number of rotatable bonds is 3. The standard InChI is InChI=1S/C12H13FO/c13-12(6-1-7-12)8-10-2-4-11(9-14)5-3-10/h2-5,9H,1,6-8H2. The van der Waals surface area contributed by atoms with Crippen LogP contribution in [-0.2, 0) is 6.42 Å². The number of carbonyl (C=O) groups is 1. The highest BCUT2D eigenvalue weighted by Crippen LogP contribution is 2.38. The lowest BCUT2D eigenvalue weighted by atomic mass is 9.78. The highest BCUT2D eigenvalue weighted by atomic mass is 19.1. The molecule has 14 heavy (non-hydrogen) atoms. The van der Waals surface area contributed by atoms with Crippen LogP contribution in [0.3, 0.4) is 0 Å². The molecule has 1 saturated carbocycles. The summed E-state index contributed by atoms with van der Waals surface area (Å²) in [5, 5.41) is 0. The zero-order valence-corrected chi connectivity index (χ0v) is 8.00. The van der Waals surface area contributed by atoms with E-state index in [-0.39, 0.29) is 0 Å². The van der Waals surface area contributed by atoms with Gasteiger partial charge in [0.05, 0.1) is 0 Å². The van der Waals surface area contributed by atoms with Crippen LogP contribution in [0.4, 0.5) is 4.39 Å². The van der Waals surface area contributed by atoms with E-state index in [9.17, 15) is 9.18 Å². The molecule has 0 bridgehead atoms. The fraction of sp³-hybridized carbons (Fsp3) is 0.417. The Kier molecular flexibility index (Phi) is 2.36. The monoisotopic (exact) mass is 192 g/mol. The van der Waals surface area contributed by atoms with Crippen molar-refractivity contribution in [2.45, 2.75) is 31.4 Å². The molecule has 2 heteroatoms. The molecule has 1 aromatic carbocycles. The van der Waals surface area contributed by atoms with E-state index in [0.717, 1.165) is 18.3 Å². The zero-order chi connectivity index (χ0) is 10.0. The van der Waals surface area contributed by atoms with Gasteiger partial charge in [0.2, 0.25) is 0 Å². The van der Waals surface area contributed by atoms with Gasteiger partial charge >= 0.3 is 0 Å². The van der Waals surface area contributed by atoms with Crippen molar-refractivity contribution in [3.63, 3.8) is 0 Å². The summed E-state index contributed by atoms with van der Waals surface area (Å²) in [6.45, 7) is 0. The lowest BCUT2D eigenvalue weighted by Gasteiger charge is -2.33. The van der Waals surface area contributed by atoms with E-state index in [0.29, 0.717) is 24.8 Å². The summed E-state index contributed by atoms with van der Waals surface area (Å²) in [5.41, 5.74) is 0.663. The molecule has 74 valence electrons. The Morgan fingerprint density at radius 3 is 2.36 bits per heavy atom. The summed E-state index contributed by atoms with van der Waals surface area (Å²) >= 11 is 0. The zero-order valence-electron chi connectivity index (χ0n) is 8.00. The summed E-state index contributed by atoms with van der Waals surface area (Å²) in [6.07, 6.45) is 3.66. The number of halogens is 1. The largest absolute Gasteiger partial charge is 0.298 e. The molecule has 1 aromatic rings. The third-order valence-electron chi connectivity index (χ3n) is 2.89. The third-order valence-corrected chi connectivity index (χ3v) is 2.89. The fourth-order valence-electron chi connectivity index (χ4n) is 1.82. The molecule has 1 aliphatic rings. The maximum absolute atomic E-state index is 13.7. The number of hydrogen-bond donors (Lipinski definition) is 0. The fourth-order valence-corrected chi connectivity index (χ4v) is 1.82. The Balaban J connectivity index is 2.06. The van der Waals surface area contributed by atoms with Crippen LogP contribution in [0.2, 0.25) is 0 Å². The number of carbonyl (C=O) groups excluding carboxylic acids is 1. The molecule has 0 unspecified atom stereocenters. The molecule has 1 nitrogen and oxygen atoms in total.